The molecular formula is C16H12BrCl2FN2O2. The van der Waals surface area contributed by atoms with Gasteiger partial charge in [-0.15, -0.1) is 0 Å². The summed E-state index contributed by atoms with van der Waals surface area (Å²) in [6.45, 7) is -0.241. The van der Waals surface area contributed by atoms with Crippen molar-refractivity contribution in [3.63, 3.8) is 0 Å². The highest BCUT2D eigenvalue weighted by Gasteiger charge is 2.12. The molecule has 0 heterocycles. The van der Waals surface area contributed by atoms with Crippen molar-refractivity contribution in [3.05, 3.63) is 67.9 Å². The highest BCUT2D eigenvalue weighted by atomic mass is 79.9. The van der Waals surface area contributed by atoms with Crippen LogP contribution in [0.25, 0.3) is 0 Å². The number of carbonyl (C=O) groups is 2. The number of carbonyl (C=O) groups excluding carboxylic acids is 2. The van der Waals surface area contributed by atoms with Crippen molar-refractivity contribution >= 4 is 50.9 Å². The molecule has 0 fully saturated rings. The van der Waals surface area contributed by atoms with Gasteiger partial charge in [-0.1, -0.05) is 39.1 Å². The van der Waals surface area contributed by atoms with E-state index in [0.29, 0.717) is 15.1 Å². The summed E-state index contributed by atoms with van der Waals surface area (Å²) in [6, 6.07) is 8.87. The molecule has 2 aromatic rings. The Kier molecular flexibility index (Phi) is 6.60. The molecule has 0 spiro atoms. The molecule has 0 atom stereocenters. The molecule has 0 aliphatic carbocycles. The lowest BCUT2D eigenvalue weighted by Crippen LogP contribution is -2.36. The lowest BCUT2D eigenvalue weighted by molar-refractivity contribution is -0.120. The Bertz CT molecular complexity index is 787. The molecule has 4 nitrogen and oxygen atoms in total. The van der Waals surface area contributed by atoms with E-state index >= 15 is 0 Å². The fraction of sp³-hybridized carbons (Fsp3) is 0.125. The Balaban J connectivity index is 1.86. The first-order valence-electron chi connectivity index (χ1n) is 6.80. The minimum absolute atomic E-state index is 0.0156. The van der Waals surface area contributed by atoms with Crippen LogP contribution >= 0.6 is 39.1 Å². The zero-order chi connectivity index (χ0) is 17.7. The highest BCUT2D eigenvalue weighted by Crippen LogP contribution is 2.20. The van der Waals surface area contributed by atoms with Crippen LogP contribution in [0.15, 0.2) is 40.9 Å². The zero-order valence-electron chi connectivity index (χ0n) is 12.2. The van der Waals surface area contributed by atoms with Crippen LogP contribution < -0.4 is 10.6 Å². The summed E-state index contributed by atoms with van der Waals surface area (Å²) < 4.78 is 14.3. The Hall–Kier alpha value is -1.63. The van der Waals surface area contributed by atoms with Crippen molar-refractivity contribution in [1.82, 2.24) is 10.6 Å². The maximum absolute atomic E-state index is 13.6. The van der Waals surface area contributed by atoms with E-state index in [4.69, 9.17) is 23.2 Å². The van der Waals surface area contributed by atoms with Crippen LogP contribution in [0.4, 0.5) is 4.39 Å². The highest BCUT2D eigenvalue weighted by molar-refractivity contribution is 9.10. The van der Waals surface area contributed by atoms with Crippen LogP contribution in [0.2, 0.25) is 10.0 Å². The number of rotatable bonds is 5. The molecule has 0 aliphatic rings. The van der Waals surface area contributed by atoms with Crippen molar-refractivity contribution in [2.75, 3.05) is 6.54 Å². The molecule has 2 amide bonds. The van der Waals surface area contributed by atoms with Crippen LogP contribution in [-0.2, 0) is 11.3 Å². The van der Waals surface area contributed by atoms with Gasteiger partial charge in [0.2, 0.25) is 5.91 Å². The summed E-state index contributed by atoms with van der Waals surface area (Å²) >= 11 is 14.9. The first-order chi connectivity index (χ1) is 11.4. The summed E-state index contributed by atoms with van der Waals surface area (Å²) in [4.78, 5) is 23.7. The lowest BCUT2D eigenvalue weighted by Gasteiger charge is -2.09. The average molecular weight is 434 g/mol. The van der Waals surface area contributed by atoms with Gasteiger partial charge in [-0.25, -0.2) is 4.39 Å². The third-order valence-corrected chi connectivity index (χ3v) is 4.11. The van der Waals surface area contributed by atoms with Crippen molar-refractivity contribution in [2.24, 2.45) is 0 Å². The van der Waals surface area contributed by atoms with Crippen molar-refractivity contribution in [1.29, 1.82) is 0 Å². The molecule has 0 saturated carbocycles. The van der Waals surface area contributed by atoms with Gasteiger partial charge < -0.3 is 10.6 Å². The molecule has 0 bridgehead atoms. The van der Waals surface area contributed by atoms with Gasteiger partial charge in [-0.3, -0.25) is 9.59 Å². The van der Waals surface area contributed by atoms with Crippen molar-refractivity contribution in [2.45, 2.75) is 6.54 Å². The van der Waals surface area contributed by atoms with Gasteiger partial charge in [0, 0.05) is 21.6 Å². The first kappa shape index (κ1) is 18.7. The van der Waals surface area contributed by atoms with Crippen LogP contribution in [-0.4, -0.2) is 18.4 Å². The minimum Gasteiger partial charge on any atom is -0.350 e. The third kappa shape index (κ3) is 5.19. The molecule has 0 radical (unpaired) electrons. The van der Waals surface area contributed by atoms with Gasteiger partial charge in [0.05, 0.1) is 17.1 Å². The second-order valence-corrected chi connectivity index (χ2v) is 6.58. The van der Waals surface area contributed by atoms with E-state index in [9.17, 15) is 14.0 Å². The Morgan fingerprint density at radius 3 is 2.54 bits per heavy atom. The van der Waals surface area contributed by atoms with E-state index in [2.05, 4.69) is 26.6 Å². The van der Waals surface area contributed by atoms with Gasteiger partial charge in [0.15, 0.2) is 0 Å². The van der Waals surface area contributed by atoms with E-state index in [1.54, 1.807) is 12.1 Å². The van der Waals surface area contributed by atoms with Gasteiger partial charge in [0.25, 0.3) is 5.91 Å². The predicted octanol–water partition coefficient (Wildman–Crippen LogP) is 3.94. The molecule has 0 saturated heterocycles. The first-order valence-corrected chi connectivity index (χ1v) is 8.35. The van der Waals surface area contributed by atoms with Gasteiger partial charge in [-0.2, -0.15) is 0 Å². The number of nitrogens with one attached hydrogen (secondary N) is 2. The second-order valence-electron chi connectivity index (χ2n) is 4.82. The Labute approximate surface area is 156 Å². The number of halogens is 4. The predicted molar refractivity (Wildman–Crippen MR) is 94.7 cm³/mol. The summed E-state index contributed by atoms with van der Waals surface area (Å²) in [6.07, 6.45) is 0. The summed E-state index contributed by atoms with van der Waals surface area (Å²) in [5, 5.41) is 5.57. The molecule has 2 rings (SSSR count). The molecule has 8 heteroatoms. The number of amides is 2. The van der Waals surface area contributed by atoms with E-state index in [-0.39, 0.29) is 23.7 Å². The fourth-order valence-corrected chi connectivity index (χ4v) is 2.77. The smallest absolute Gasteiger partial charge is 0.253 e. The summed E-state index contributed by atoms with van der Waals surface area (Å²) in [5.74, 6) is -1.37. The van der Waals surface area contributed by atoms with Crippen LogP contribution in [0.5, 0.6) is 0 Å². The molecular weight excluding hydrogens is 422 g/mol. The SMILES string of the molecule is O=C(CNC(=O)c1ccc(Cl)cc1Cl)NCc1cc(Br)ccc1F. The summed E-state index contributed by atoms with van der Waals surface area (Å²) in [7, 11) is 0. The number of hydrogen-bond donors (Lipinski definition) is 2. The standard InChI is InChI=1S/C16H12BrCl2FN2O2/c17-10-1-4-14(20)9(5-10)7-21-15(23)8-22-16(24)12-3-2-11(18)6-13(12)19/h1-6H,7-8H2,(H,21,23)(H,22,24). The number of hydrogen-bond acceptors (Lipinski definition) is 2. The average Bonchev–Trinajstić information content (AvgIpc) is 2.53. The molecule has 2 N–H and O–H groups in total. The van der Waals surface area contributed by atoms with Crippen molar-refractivity contribution < 1.29 is 14.0 Å². The lowest BCUT2D eigenvalue weighted by atomic mass is 10.2. The topological polar surface area (TPSA) is 58.2 Å². The maximum Gasteiger partial charge on any atom is 0.253 e. The third-order valence-electron chi connectivity index (χ3n) is 3.07. The van der Waals surface area contributed by atoms with E-state index in [1.807, 2.05) is 0 Å². The molecule has 126 valence electrons. The van der Waals surface area contributed by atoms with E-state index < -0.39 is 17.6 Å². The Morgan fingerprint density at radius 2 is 1.83 bits per heavy atom. The van der Waals surface area contributed by atoms with E-state index in [1.165, 1.54) is 24.3 Å². The molecule has 0 aromatic heterocycles. The molecule has 0 aliphatic heterocycles. The van der Waals surface area contributed by atoms with Crippen LogP contribution in [0, 0.1) is 5.82 Å². The fourth-order valence-electron chi connectivity index (χ4n) is 1.86. The van der Waals surface area contributed by atoms with Crippen LogP contribution in [0.1, 0.15) is 15.9 Å². The summed E-state index contributed by atoms with van der Waals surface area (Å²) in [5.41, 5.74) is 0.552. The second kappa shape index (κ2) is 8.46. The zero-order valence-corrected chi connectivity index (χ0v) is 15.3. The minimum atomic E-state index is -0.500. The molecule has 0 unspecified atom stereocenters. The van der Waals surface area contributed by atoms with Crippen LogP contribution in [0.3, 0.4) is 0 Å². The number of benzene rings is 2. The molecule has 2 aromatic carbocycles. The van der Waals surface area contributed by atoms with Crippen molar-refractivity contribution in [3.8, 4) is 0 Å². The monoisotopic (exact) mass is 432 g/mol. The normalized spacial score (nSPS) is 10.3. The van der Waals surface area contributed by atoms with Gasteiger partial charge in [-0.05, 0) is 36.4 Å². The van der Waals surface area contributed by atoms with Gasteiger partial charge in [0.1, 0.15) is 5.82 Å². The largest absolute Gasteiger partial charge is 0.350 e. The quantitative estimate of drug-likeness (QED) is 0.750. The maximum atomic E-state index is 13.6. The molecule has 24 heavy (non-hydrogen) atoms. The van der Waals surface area contributed by atoms with E-state index in [0.717, 1.165) is 0 Å². The Morgan fingerprint density at radius 1 is 1.08 bits per heavy atom. The van der Waals surface area contributed by atoms with Gasteiger partial charge >= 0.3 is 0 Å².